The Morgan fingerprint density at radius 2 is 1.65 bits per heavy atom. The minimum Gasteiger partial charge on any atom is -0.290 e. The number of thioether (sulfide) groups is 1. The molecule has 1 fully saturated rings. The van der Waals surface area contributed by atoms with E-state index in [0.717, 1.165) is 11.3 Å². The Bertz CT molecular complexity index is 780. The third-order valence-electron chi connectivity index (χ3n) is 3.32. The van der Waals surface area contributed by atoms with Gasteiger partial charge in [0.2, 0.25) is 0 Å². The molecule has 3 nitrogen and oxygen atoms in total. The predicted molar refractivity (Wildman–Crippen MR) is 97.5 cm³/mol. The van der Waals surface area contributed by atoms with Gasteiger partial charge in [0.15, 0.2) is 5.17 Å². The van der Waals surface area contributed by atoms with Crippen molar-refractivity contribution in [3.05, 3.63) is 83.3 Å². The van der Waals surface area contributed by atoms with Gasteiger partial charge >= 0.3 is 0 Å². The number of likely N-dealkylation sites (N-methyl/N-ethyl adjacent to an activating group) is 1. The van der Waals surface area contributed by atoms with Gasteiger partial charge in [-0.3, -0.25) is 9.69 Å². The molecular weight excluding hydrogens is 304 g/mol. The molecule has 1 aliphatic heterocycles. The summed E-state index contributed by atoms with van der Waals surface area (Å²) >= 11 is 1.39. The summed E-state index contributed by atoms with van der Waals surface area (Å²) in [5, 5.41) is 0.695. The Kier molecular flexibility index (Phi) is 4.74. The second kappa shape index (κ2) is 7.11. The van der Waals surface area contributed by atoms with Gasteiger partial charge in [-0.2, -0.15) is 0 Å². The highest BCUT2D eigenvalue weighted by Gasteiger charge is 2.29. The first-order valence-electron chi connectivity index (χ1n) is 7.27. The molecule has 0 radical (unpaired) electrons. The molecule has 2 aromatic rings. The highest BCUT2D eigenvalue weighted by atomic mass is 32.2. The number of aliphatic imine (C=N–C) groups is 1. The first-order chi connectivity index (χ1) is 11.2. The van der Waals surface area contributed by atoms with Crippen LogP contribution >= 0.6 is 11.8 Å². The van der Waals surface area contributed by atoms with Crippen molar-refractivity contribution in [3.63, 3.8) is 0 Å². The van der Waals surface area contributed by atoms with Crippen LogP contribution in [0.1, 0.15) is 5.56 Å². The molecular formula is C19H16N2OS. The lowest BCUT2D eigenvalue weighted by Crippen LogP contribution is -2.23. The lowest BCUT2D eigenvalue weighted by atomic mass is 10.2. The fourth-order valence-electron chi connectivity index (χ4n) is 2.09. The van der Waals surface area contributed by atoms with Gasteiger partial charge in [-0.15, -0.1) is 0 Å². The number of carbonyl (C=O) groups is 1. The smallest absolute Gasteiger partial charge is 0.266 e. The zero-order valence-corrected chi connectivity index (χ0v) is 13.5. The first-order valence-corrected chi connectivity index (χ1v) is 8.09. The van der Waals surface area contributed by atoms with Crippen molar-refractivity contribution in [1.29, 1.82) is 0 Å². The Balaban J connectivity index is 1.77. The van der Waals surface area contributed by atoms with Gasteiger partial charge in [0.05, 0.1) is 10.6 Å². The molecule has 1 aliphatic rings. The Morgan fingerprint density at radius 3 is 2.35 bits per heavy atom. The molecule has 2 aromatic carbocycles. The van der Waals surface area contributed by atoms with Crippen LogP contribution in [0.3, 0.4) is 0 Å². The van der Waals surface area contributed by atoms with Gasteiger partial charge in [0, 0.05) is 7.05 Å². The molecule has 0 aliphatic carbocycles. The summed E-state index contributed by atoms with van der Waals surface area (Å²) in [4.78, 5) is 19.1. The summed E-state index contributed by atoms with van der Waals surface area (Å²) in [5.74, 6) is -0.0256. The number of amides is 1. The lowest BCUT2D eigenvalue weighted by molar-refractivity contribution is -0.121. The van der Waals surface area contributed by atoms with Gasteiger partial charge in [-0.05, 0) is 35.5 Å². The third-order valence-corrected chi connectivity index (χ3v) is 4.40. The van der Waals surface area contributed by atoms with Gasteiger partial charge in [-0.25, -0.2) is 4.99 Å². The fourth-order valence-corrected chi connectivity index (χ4v) is 3.03. The number of carbonyl (C=O) groups excluding carboxylic acids is 1. The SMILES string of the molecule is CN1C(=O)/C(=C\C=C\c2ccccc2)SC1=Nc1ccccc1. The minimum atomic E-state index is -0.0256. The van der Waals surface area contributed by atoms with Gasteiger partial charge in [-0.1, -0.05) is 60.7 Å². The van der Waals surface area contributed by atoms with Gasteiger partial charge in [0.25, 0.3) is 5.91 Å². The van der Waals surface area contributed by atoms with E-state index in [1.807, 2.05) is 78.9 Å². The number of rotatable bonds is 3. The minimum absolute atomic E-state index is 0.0256. The van der Waals surface area contributed by atoms with Crippen LogP contribution in [0.2, 0.25) is 0 Å². The maximum absolute atomic E-state index is 12.3. The third kappa shape index (κ3) is 3.79. The molecule has 1 heterocycles. The average molecular weight is 320 g/mol. The lowest BCUT2D eigenvalue weighted by Gasteiger charge is -2.06. The van der Waals surface area contributed by atoms with E-state index in [2.05, 4.69) is 4.99 Å². The highest BCUT2D eigenvalue weighted by molar-refractivity contribution is 8.18. The average Bonchev–Trinajstić information content (AvgIpc) is 2.85. The van der Waals surface area contributed by atoms with E-state index in [1.54, 1.807) is 11.9 Å². The molecule has 3 rings (SSSR count). The molecule has 4 heteroatoms. The quantitative estimate of drug-likeness (QED) is 0.781. The van der Waals surface area contributed by atoms with E-state index in [9.17, 15) is 4.79 Å². The molecule has 0 bridgehead atoms. The Labute approximate surface area is 140 Å². The number of benzene rings is 2. The van der Waals surface area contributed by atoms with E-state index in [-0.39, 0.29) is 5.91 Å². The van der Waals surface area contributed by atoms with Gasteiger partial charge < -0.3 is 0 Å². The molecule has 0 aromatic heterocycles. The summed E-state index contributed by atoms with van der Waals surface area (Å²) < 4.78 is 0. The molecule has 0 saturated carbocycles. The molecule has 114 valence electrons. The van der Waals surface area contributed by atoms with E-state index in [4.69, 9.17) is 0 Å². The van der Waals surface area contributed by atoms with Crippen molar-refractivity contribution in [2.45, 2.75) is 0 Å². The zero-order valence-electron chi connectivity index (χ0n) is 12.7. The summed E-state index contributed by atoms with van der Waals surface area (Å²) in [6.45, 7) is 0. The largest absolute Gasteiger partial charge is 0.290 e. The maximum atomic E-state index is 12.3. The molecule has 1 saturated heterocycles. The Morgan fingerprint density at radius 1 is 1.00 bits per heavy atom. The van der Waals surface area contributed by atoms with E-state index in [1.165, 1.54) is 11.8 Å². The van der Waals surface area contributed by atoms with Crippen molar-refractivity contribution >= 4 is 34.6 Å². The molecule has 23 heavy (non-hydrogen) atoms. The zero-order chi connectivity index (χ0) is 16.1. The second-order valence-electron chi connectivity index (χ2n) is 5.00. The van der Waals surface area contributed by atoms with Crippen LogP contribution in [0.15, 0.2) is 82.7 Å². The van der Waals surface area contributed by atoms with Crippen LogP contribution in [-0.4, -0.2) is 23.0 Å². The monoisotopic (exact) mass is 320 g/mol. The standard InChI is InChI=1S/C19H16N2OS/c1-21-18(22)17(14-8-11-15-9-4-2-5-10-15)23-19(21)20-16-12-6-3-7-13-16/h2-14H,1H3/b11-8+,17-14+,20-19?. The van der Waals surface area contributed by atoms with E-state index < -0.39 is 0 Å². The molecule has 0 N–H and O–H groups in total. The number of amidine groups is 1. The van der Waals surface area contributed by atoms with Crippen LogP contribution in [0, 0.1) is 0 Å². The number of hydrogen-bond donors (Lipinski definition) is 0. The second-order valence-corrected chi connectivity index (χ2v) is 6.01. The van der Waals surface area contributed by atoms with Crippen LogP contribution < -0.4 is 0 Å². The Hall–Kier alpha value is -2.59. The molecule has 0 atom stereocenters. The number of para-hydroxylation sites is 1. The highest BCUT2D eigenvalue weighted by Crippen LogP contribution is 2.31. The summed E-state index contributed by atoms with van der Waals surface area (Å²) in [7, 11) is 1.75. The van der Waals surface area contributed by atoms with Crippen molar-refractivity contribution in [1.82, 2.24) is 4.90 Å². The fraction of sp³-hybridized carbons (Fsp3) is 0.0526. The summed E-state index contributed by atoms with van der Waals surface area (Å²) in [6, 6.07) is 19.6. The van der Waals surface area contributed by atoms with Crippen LogP contribution in [0.25, 0.3) is 6.08 Å². The molecule has 0 unspecified atom stereocenters. The normalized spacial score (nSPS) is 18.5. The summed E-state index contributed by atoms with van der Waals surface area (Å²) in [6.07, 6.45) is 5.71. The number of hydrogen-bond acceptors (Lipinski definition) is 3. The van der Waals surface area contributed by atoms with Crippen molar-refractivity contribution in [2.24, 2.45) is 4.99 Å². The van der Waals surface area contributed by atoms with E-state index in [0.29, 0.717) is 10.1 Å². The topological polar surface area (TPSA) is 32.7 Å². The van der Waals surface area contributed by atoms with E-state index >= 15 is 0 Å². The molecule has 0 spiro atoms. The number of nitrogens with zero attached hydrogens (tertiary/aromatic N) is 2. The van der Waals surface area contributed by atoms with Crippen molar-refractivity contribution in [2.75, 3.05) is 7.05 Å². The van der Waals surface area contributed by atoms with Crippen molar-refractivity contribution in [3.8, 4) is 0 Å². The van der Waals surface area contributed by atoms with Crippen LogP contribution in [0.5, 0.6) is 0 Å². The van der Waals surface area contributed by atoms with Gasteiger partial charge in [0.1, 0.15) is 0 Å². The van der Waals surface area contributed by atoms with Crippen LogP contribution in [-0.2, 0) is 4.79 Å². The number of allylic oxidation sites excluding steroid dienone is 2. The van der Waals surface area contributed by atoms with Crippen LogP contribution in [0.4, 0.5) is 5.69 Å². The maximum Gasteiger partial charge on any atom is 0.266 e. The summed E-state index contributed by atoms with van der Waals surface area (Å²) in [5.41, 5.74) is 1.95. The van der Waals surface area contributed by atoms with Crippen molar-refractivity contribution < 1.29 is 4.79 Å². The predicted octanol–water partition coefficient (Wildman–Crippen LogP) is 4.48. The molecule has 1 amide bonds. The first kappa shape index (κ1) is 15.3.